The van der Waals surface area contributed by atoms with E-state index in [1.165, 1.54) is 14.2 Å². The minimum atomic E-state index is -1.49. The molecular weight excluding hydrogens is 673 g/mol. The lowest BCUT2D eigenvalue weighted by atomic mass is 9.56. The van der Waals surface area contributed by atoms with Crippen LogP contribution in [0.2, 0.25) is 15.1 Å². The Morgan fingerprint density at radius 2 is 1.46 bits per heavy atom. The Morgan fingerprint density at radius 3 is 2.15 bits per heavy atom. The number of carbonyl (C=O) groups excluding carboxylic acids is 2. The molecule has 2 atom stereocenters. The number of hydrogen-bond donors (Lipinski definition) is 0. The molecule has 4 aromatic carbocycles. The standard InChI is InChI=1S/C38H30Cl3NO6/c1-45-30-16-22-13-15-42-34(36(44)48-4)33(35(43)47-3)38(27-17-23(39)10-11-25(27)32-28(38)18-24(40)19-29(32)41)37(42,26(22)20-31(30)46-2)14-12-21-8-6-5-7-9-21/h5-12,14,16-20H,13,15H2,1-4H3/b14-12+. The van der Waals surface area contributed by atoms with Crippen LogP contribution in [0.15, 0.2) is 90.1 Å². The van der Waals surface area contributed by atoms with Gasteiger partial charge in [0.25, 0.3) is 0 Å². The van der Waals surface area contributed by atoms with Crippen LogP contribution in [0, 0.1) is 0 Å². The number of hydrogen-bond acceptors (Lipinski definition) is 7. The average Bonchev–Trinajstić information content (AvgIpc) is 3.54. The van der Waals surface area contributed by atoms with Crippen LogP contribution in [0.5, 0.6) is 11.5 Å². The maximum Gasteiger partial charge on any atom is 0.354 e. The zero-order valence-corrected chi connectivity index (χ0v) is 28.8. The normalized spacial score (nSPS) is 20.4. The van der Waals surface area contributed by atoms with Crippen LogP contribution in [0.25, 0.3) is 17.2 Å². The van der Waals surface area contributed by atoms with Gasteiger partial charge in [-0.1, -0.05) is 83.4 Å². The zero-order chi connectivity index (χ0) is 34.0. The first-order valence-electron chi connectivity index (χ1n) is 15.2. The maximum atomic E-state index is 14.5. The minimum absolute atomic E-state index is 0.0670. The van der Waals surface area contributed by atoms with Crippen molar-refractivity contribution in [3.8, 4) is 22.6 Å². The summed E-state index contributed by atoms with van der Waals surface area (Å²) in [7, 11) is 5.75. The molecule has 2 heterocycles. The van der Waals surface area contributed by atoms with Crippen molar-refractivity contribution in [1.29, 1.82) is 0 Å². The molecule has 2 aliphatic heterocycles. The number of rotatable bonds is 6. The van der Waals surface area contributed by atoms with Crippen LogP contribution >= 0.6 is 34.8 Å². The van der Waals surface area contributed by atoms with E-state index in [-0.39, 0.29) is 11.3 Å². The van der Waals surface area contributed by atoms with Gasteiger partial charge in [-0.15, -0.1) is 0 Å². The molecule has 0 saturated carbocycles. The molecular formula is C38H30Cl3NO6. The number of benzene rings is 4. The first-order chi connectivity index (χ1) is 23.2. The van der Waals surface area contributed by atoms with Gasteiger partial charge in [-0.2, -0.15) is 0 Å². The molecule has 3 aliphatic rings. The predicted molar refractivity (Wildman–Crippen MR) is 186 cm³/mol. The summed E-state index contributed by atoms with van der Waals surface area (Å²) in [6, 6.07) is 22.6. The maximum absolute atomic E-state index is 14.5. The highest BCUT2D eigenvalue weighted by atomic mass is 35.5. The van der Waals surface area contributed by atoms with E-state index < -0.39 is 22.9 Å². The van der Waals surface area contributed by atoms with E-state index in [2.05, 4.69) is 0 Å². The summed E-state index contributed by atoms with van der Waals surface area (Å²) in [6.07, 6.45) is 4.54. The Balaban J connectivity index is 1.77. The lowest BCUT2D eigenvalue weighted by Crippen LogP contribution is -2.57. The first kappa shape index (κ1) is 32.1. The molecule has 0 amide bonds. The van der Waals surface area contributed by atoms with E-state index >= 15 is 0 Å². The van der Waals surface area contributed by atoms with Gasteiger partial charge in [-0.25, -0.2) is 9.59 Å². The molecule has 1 spiro atoms. The Kier molecular flexibility index (Phi) is 7.98. The molecule has 48 heavy (non-hydrogen) atoms. The molecule has 0 bridgehead atoms. The van der Waals surface area contributed by atoms with Gasteiger partial charge in [0.05, 0.1) is 44.4 Å². The van der Waals surface area contributed by atoms with Crippen molar-refractivity contribution in [2.24, 2.45) is 0 Å². The second-order valence-electron chi connectivity index (χ2n) is 11.7. The van der Waals surface area contributed by atoms with Crippen LogP contribution in [0.3, 0.4) is 0 Å². The third-order valence-corrected chi connectivity index (χ3v) is 10.5. The Labute approximate surface area is 293 Å². The van der Waals surface area contributed by atoms with Crippen molar-refractivity contribution in [3.63, 3.8) is 0 Å². The minimum Gasteiger partial charge on any atom is -0.493 e. The summed E-state index contributed by atoms with van der Waals surface area (Å²) >= 11 is 20.7. The van der Waals surface area contributed by atoms with E-state index in [0.717, 1.165) is 22.3 Å². The fourth-order valence-electron chi connectivity index (χ4n) is 7.99. The van der Waals surface area contributed by atoms with Crippen LogP contribution in [0.1, 0.15) is 27.8 Å². The summed E-state index contributed by atoms with van der Waals surface area (Å²) in [6.45, 7) is 0.327. The molecule has 244 valence electrons. The van der Waals surface area contributed by atoms with Crippen LogP contribution in [-0.4, -0.2) is 51.8 Å². The molecule has 0 fully saturated rings. The molecule has 0 aromatic heterocycles. The van der Waals surface area contributed by atoms with Gasteiger partial charge in [0, 0.05) is 22.2 Å². The number of ether oxygens (including phenoxy) is 4. The van der Waals surface area contributed by atoms with Crippen LogP contribution in [0.4, 0.5) is 0 Å². The summed E-state index contributed by atoms with van der Waals surface area (Å²) < 4.78 is 22.6. The van der Waals surface area contributed by atoms with E-state index in [4.69, 9.17) is 53.8 Å². The molecule has 4 aromatic rings. The van der Waals surface area contributed by atoms with Crippen molar-refractivity contribution < 1.29 is 28.5 Å². The van der Waals surface area contributed by atoms with Gasteiger partial charge in [-0.05, 0) is 76.2 Å². The van der Waals surface area contributed by atoms with Crippen molar-refractivity contribution >= 4 is 52.8 Å². The smallest absolute Gasteiger partial charge is 0.354 e. The zero-order valence-electron chi connectivity index (χ0n) is 26.5. The van der Waals surface area contributed by atoms with Crippen molar-refractivity contribution in [2.75, 3.05) is 35.0 Å². The SMILES string of the molecule is COC(=O)C1=C(C(=O)OC)C2(c3cc(Cl)ccc3-c3c(Cl)cc(Cl)cc32)C2(/C=C/c3ccccc3)c3cc(OC)c(OC)cc3CCN12. The number of carbonyl (C=O) groups is 2. The molecule has 0 saturated heterocycles. The molecule has 7 nitrogen and oxygen atoms in total. The quantitative estimate of drug-likeness (QED) is 0.189. The van der Waals surface area contributed by atoms with Crippen LogP contribution in [-0.2, 0) is 36.4 Å². The number of nitrogens with zero attached hydrogens (tertiary/aromatic N) is 1. The topological polar surface area (TPSA) is 74.3 Å². The summed E-state index contributed by atoms with van der Waals surface area (Å²) in [5.41, 5.74) is 2.60. The molecule has 2 unspecified atom stereocenters. The van der Waals surface area contributed by atoms with Crippen LogP contribution < -0.4 is 9.47 Å². The molecule has 1 aliphatic carbocycles. The molecule has 7 rings (SSSR count). The summed E-state index contributed by atoms with van der Waals surface area (Å²) in [5.74, 6) is -0.386. The number of esters is 2. The highest BCUT2D eigenvalue weighted by molar-refractivity contribution is 6.37. The monoisotopic (exact) mass is 701 g/mol. The van der Waals surface area contributed by atoms with Gasteiger partial charge < -0.3 is 23.8 Å². The van der Waals surface area contributed by atoms with Gasteiger partial charge in [0.2, 0.25) is 0 Å². The number of halogens is 3. The highest BCUT2D eigenvalue weighted by Gasteiger charge is 2.71. The lowest BCUT2D eigenvalue weighted by molar-refractivity contribution is -0.140. The van der Waals surface area contributed by atoms with Crippen molar-refractivity contribution in [3.05, 3.63) is 133 Å². The highest BCUT2D eigenvalue weighted by Crippen LogP contribution is 2.70. The fraction of sp³-hybridized carbons (Fsp3) is 0.211. The Bertz CT molecular complexity index is 2080. The van der Waals surface area contributed by atoms with E-state index in [1.807, 2.05) is 77.7 Å². The van der Waals surface area contributed by atoms with Gasteiger partial charge in [-0.3, -0.25) is 0 Å². The third kappa shape index (κ3) is 4.27. The Morgan fingerprint density at radius 1 is 0.771 bits per heavy atom. The second kappa shape index (κ2) is 11.9. The third-order valence-electron chi connectivity index (χ3n) is 9.70. The molecule has 10 heteroatoms. The largest absolute Gasteiger partial charge is 0.493 e. The van der Waals surface area contributed by atoms with Crippen molar-refractivity contribution in [1.82, 2.24) is 4.90 Å². The molecule has 0 N–H and O–H groups in total. The predicted octanol–water partition coefficient (Wildman–Crippen LogP) is 8.01. The van der Waals surface area contributed by atoms with Crippen molar-refractivity contribution in [2.45, 2.75) is 17.4 Å². The summed E-state index contributed by atoms with van der Waals surface area (Å²) in [5, 5.41) is 1.16. The van der Waals surface area contributed by atoms with E-state index in [1.54, 1.807) is 26.4 Å². The van der Waals surface area contributed by atoms with Gasteiger partial charge >= 0.3 is 11.9 Å². The lowest BCUT2D eigenvalue weighted by Gasteiger charge is -2.53. The van der Waals surface area contributed by atoms with Gasteiger partial charge in [0.1, 0.15) is 11.2 Å². The van der Waals surface area contributed by atoms with E-state index in [9.17, 15) is 9.59 Å². The number of fused-ring (bicyclic) bond motifs is 9. The van der Waals surface area contributed by atoms with E-state index in [0.29, 0.717) is 56.2 Å². The van der Waals surface area contributed by atoms with Gasteiger partial charge in [0.15, 0.2) is 11.5 Å². The summed E-state index contributed by atoms with van der Waals surface area (Å²) in [4.78, 5) is 30.6. The molecule has 0 radical (unpaired) electrons. The Hall–Kier alpha value is -4.43. The second-order valence-corrected chi connectivity index (χ2v) is 13.0. The average molecular weight is 703 g/mol. The fourth-order valence-corrected chi connectivity index (χ4v) is 8.76. The first-order valence-corrected chi connectivity index (χ1v) is 16.3. The number of methoxy groups -OCH3 is 4.